The molecule has 0 saturated carbocycles. The molecule has 0 N–H and O–H groups in total. The Morgan fingerprint density at radius 3 is 2.20 bits per heavy atom. The van der Waals surface area contributed by atoms with Crippen LogP contribution in [0.4, 0.5) is 26.3 Å². The van der Waals surface area contributed by atoms with Crippen molar-refractivity contribution in [2.75, 3.05) is 7.11 Å². The molecule has 112 valence electrons. The van der Waals surface area contributed by atoms with Gasteiger partial charge in [0.1, 0.15) is 5.56 Å². The summed E-state index contributed by atoms with van der Waals surface area (Å²) in [6.07, 6.45) is -10.0. The van der Waals surface area contributed by atoms with E-state index in [1.54, 1.807) is 0 Å². The van der Waals surface area contributed by atoms with Crippen LogP contribution in [0, 0.1) is 3.57 Å². The topological polar surface area (TPSA) is 48.4 Å². The lowest BCUT2D eigenvalue weighted by atomic mass is 10.1. The van der Waals surface area contributed by atoms with Crippen molar-refractivity contribution in [1.82, 2.24) is 4.98 Å². The molecule has 0 saturated heterocycles. The van der Waals surface area contributed by atoms with Crippen molar-refractivity contribution in [3.63, 3.8) is 0 Å². The van der Waals surface area contributed by atoms with E-state index in [4.69, 9.17) is 0 Å². The normalized spacial score (nSPS) is 12.2. The van der Waals surface area contributed by atoms with Gasteiger partial charge in [0.15, 0.2) is 0 Å². The molecule has 0 amide bonds. The fourth-order valence-corrected chi connectivity index (χ4v) is 1.85. The molecule has 0 aliphatic heterocycles. The van der Waals surface area contributed by atoms with E-state index in [2.05, 4.69) is 14.5 Å². The fraction of sp³-hybridized carbons (Fsp3) is 0.333. The van der Waals surface area contributed by atoms with Crippen LogP contribution < -0.4 is 4.74 Å². The summed E-state index contributed by atoms with van der Waals surface area (Å²) < 4.78 is 81.8. The molecule has 20 heavy (non-hydrogen) atoms. The SMILES string of the molecule is COC(=O)c1c(I)cnc(OC(F)(F)F)c1C(F)(F)F. The van der Waals surface area contributed by atoms with E-state index in [9.17, 15) is 31.1 Å². The lowest BCUT2D eigenvalue weighted by Gasteiger charge is -2.17. The Bertz CT molecular complexity index is 528. The minimum absolute atomic E-state index is 0.323. The number of pyridine rings is 1. The first kappa shape index (κ1) is 16.8. The average Bonchev–Trinajstić information content (AvgIpc) is 2.26. The number of rotatable bonds is 2. The molecule has 0 spiro atoms. The van der Waals surface area contributed by atoms with Crippen LogP contribution in [0.1, 0.15) is 15.9 Å². The van der Waals surface area contributed by atoms with Gasteiger partial charge in [0, 0.05) is 9.77 Å². The lowest BCUT2D eigenvalue weighted by molar-refractivity contribution is -0.277. The number of nitrogens with zero attached hydrogens (tertiary/aromatic N) is 1. The Kier molecular flexibility index (Phi) is 4.71. The van der Waals surface area contributed by atoms with Crippen molar-refractivity contribution in [2.24, 2.45) is 0 Å². The zero-order valence-electron chi connectivity index (χ0n) is 9.40. The highest BCUT2D eigenvalue weighted by molar-refractivity contribution is 14.1. The van der Waals surface area contributed by atoms with E-state index in [1.165, 1.54) is 22.6 Å². The number of methoxy groups -OCH3 is 1. The van der Waals surface area contributed by atoms with Crippen molar-refractivity contribution in [1.29, 1.82) is 0 Å². The van der Waals surface area contributed by atoms with Crippen LogP contribution in [-0.4, -0.2) is 24.4 Å². The molecule has 1 aromatic rings. The van der Waals surface area contributed by atoms with E-state index < -0.39 is 35.5 Å². The third-order valence-corrected chi connectivity index (χ3v) is 2.70. The fourth-order valence-electron chi connectivity index (χ4n) is 1.22. The Morgan fingerprint density at radius 2 is 1.80 bits per heavy atom. The zero-order valence-corrected chi connectivity index (χ0v) is 11.6. The van der Waals surface area contributed by atoms with Gasteiger partial charge in [-0.2, -0.15) is 13.2 Å². The molecule has 1 rings (SSSR count). The predicted octanol–water partition coefficient (Wildman–Crippen LogP) is 3.39. The van der Waals surface area contributed by atoms with Gasteiger partial charge in [0.05, 0.1) is 12.7 Å². The Morgan fingerprint density at radius 1 is 1.25 bits per heavy atom. The summed E-state index contributed by atoms with van der Waals surface area (Å²) in [4.78, 5) is 14.3. The van der Waals surface area contributed by atoms with E-state index in [-0.39, 0.29) is 3.57 Å². The van der Waals surface area contributed by atoms with Crippen molar-refractivity contribution >= 4 is 28.6 Å². The number of carbonyl (C=O) groups excluding carboxylic acids is 1. The number of hydrogen-bond acceptors (Lipinski definition) is 4. The largest absolute Gasteiger partial charge is 0.574 e. The van der Waals surface area contributed by atoms with Crippen LogP contribution in [0.15, 0.2) is 6.20 Å². The van der Waals surface area contributed by atoms with Crippen molar-refractivity contribution in [3.05, 3.63) is 20.9 Å². The maximum atomic E-state index is 12.9. The molecule has 4 nitrogen and oxygen atoms in total. The van der Waals surface area contributed by atoms with Gasteiger partial charge in [-0.3, -0.25) is 0 Å². The molecule has 0 aliphatic rings. The maximum absolute atomic E-state index is 12.9. The average molecular weight is 415 g/mol. The van der Waals surface area contributed by atoms with Crippen LogP contribution >= 0.6 is 22.6 Å². The van der Waals surface area contributed by atoms with Gasteiger partial charge in [-0.05, 0) is 22.6 Å². The summed E-state index contributed by atoms with van der Waals surface area (Å²) in [5.41, 5.74) is -3.02. The van der Waals surface area contributed by atoms with Gasteiger partial charge >= 0.3 is 18.5 Å². The highest BCUT2D eigenvalue weighted by atomic mass is 127. The summed E-state index contributed by atoms with van der Waals surface area (Å²) in [5, 5.41) is 0. The lowest BCUT2D eigenvalue weighted by Crippen LogP contribution is -2.24. The molecular formula is C9H4F6INO3. The molecule has 1 aromatic heterocycles. The van der Waals surface area contributed by atoms with E-state index >= 15 is 0 Å². The number of halogens is 7. The monoisotopic (exact) mass is 415 g/mol. The van der Waals surface area contributed by atoms with Gasteiger partial charge in [-0.1, -0.05) is 0 Å². The van der Waals surface area contributed by atoms with E-state index in [0.717, 1.165) is 7.11 Å². The third-order valence-electron chi connectivity index (χ3n) is 1.88. The molecule has 11 heteroatoms. The van der Waals surface area contributed by atoms with Gasteiger partial charge in [0.25, 0.3) is 0 Å². The number of aromatic nitrogens is 1. The van der Waals surface area contributed by atoms with Gasteiger partial charge < -0.3 is 9.47 Å². The van der Waals surface area contributed by atoms with Crippen molar-refractivity contribution in [3.8, 4) is 5.88 Å². The molecule has 0 aliphatic carbocycles. The number of ether oxygens (including phenoxy) is 2. The van der Waals surface area contributed by atoms with Crippen molar-refractivity contribution < 1.29 is 40.6 Å². The Labute approximate surface area is 121 Å². The Hall–Kier alpha value is -1.27. The second-order valence-electron chi connectivity index (χ2n) is 3.20. The Balaban J connectivity index is 3.58. The molecule has 0 aromatic carbocycles. The molecule has 0 radical (unpaired) electrons. The van der Waals surface area contributed by atoms with E-state index in [0.29, 0.717) is 6.20 Å². The number of hydrogen-bond donors (Lipinski definition) is 0. The first-order chi connectivity index (χ1) is 8.97. The van der Waals surface area contributed by atoms with Crippen LogP contribution in [0.25, 0.3) is 0 Å². The zero-order chi connectivity index (χ0) is 15.7. The summed E-state index contributed by atoms with van der Waals surface area (Å²) in [6, 6.07) is 0. The van der Waals surface area contributed by atoms with Crippen molar-refractivity contribution in [2.45, 2.75) is 12.5 Å². The third kappa shape index (κ3) is 3.86. The smallest absolute Gasteiger partial charge is 0.465 e. The van der Waals surface area contributed by atoms with Crippen LogP contribution in [0.3, 0.4) is 0 Å². The second kappa shape index (κ2) is 5.61. The molecule has 0 atom stereocenters. The summed E-state index contributed by atoms with van der Waals surface area (Å²) in [6.45, 7) is 0. The van der Waals surface area contributed by atoms with Gasteiger partial charge in [-0.15, -0.1) is 13.2 Å². The molecule has 1 heterocycles. The summed E-state index contributed by atoms with van der Waals surface area (Å²) >= 11 is 1.32. The quantitative estimate of drug-likeness (QED) is 0.423. The minimum Gasteiger partial charge on any atom is -0.465 e. The minimum atomic E-state index is -5.38. The molecule has 0 fully saturated rings. The first-order valence-corrected chi connectivity index (χ1v) is 5.65. The number of esters is 1. The molecular weight excluding hydrogens is 411 g/mol. The first-order valence-electron chi connectivity index (χ1n) is 4.57. The summed E-state index contributed by atoms with van der Waals surface area (Å²) in [7, 11) is 0.795. The van der Waals surface area contributed by atoms with Gasteiger partial charge in [0.2, 0.25) is 5.88 Å². The number of carbonyl (C=O) groups is 1. The van der Waals surface area contributed by atoms with Gasteiger partial charge in [-0.25, -0.2) is 9.78 Å². The summed E-state index contributed by atoms with van der Waals surface area (Å²) in [5.74, 6) is -3.21. The standard InChI is InChI=1S/C9H4F6INO3/c1-19-7(18)4-3(16)2-17-6(20-9(13,14)15)5(4)8(10,11)12/h2H,1H3. The molecule has 0 bridgehead atoms. The maximum Gasteiger partial charge on any atom is 0.574 e. The van der Waals surface area contributed by atoms with E-state index in [1.807, 2.05) is 0 Å². The van der Waals surface area contributed by atoms with Crippen LogP contribution in [0.2, 0.25) is 0 Å². The predicted molar refractivity (Wildman–Crippen MR) is 60.0 cm³/mol. The van der Waals surface area contributed by atoms with Crippen LogP contribution in [-0.2, 0) is 10.9 Å². The molecule has 0 unspecified atom stereocenters. The highest BCUT2D eigenvalue weighted by Crippen LogP contribution is 2.41. The van der Waals surface area contributed by atoms with Crippen LogP contribution in [0.5, 0.6) is 5.88 Å². The second-order valence-corrected chi connectivity index (χ2v) is 4.36. The number of alkyl halides is 6. The highest BCUT2D eigenvalue weighted by Gasteiger charge is 2.44.